The quantitative estimate of drug-likeness (QED) is 0.518. The van der Waals surface area contributed by atoms with Crippen molar-refractivity contribution in [1.82, 2.24) is 0 Å². The van der Waals surface area contributed by atoms with E-state index in [-0.39, 0.29) is 10.8 Å². The molecule has 0 aliphatic heterocycles. The fourth-order valence-electron chi connectivity index (χ4n) is 4.66. The Kier molecular flexibility index (Phi) is 3.63. The third-order valence-corrected chi connectivity index (χ3v) is 6.32. The molecule has 1 heteroatoms. The smallest absolute Gasteiger partial charge is 0.201 e. The van der Waals surface area contributed by atoms with Crippen molar-refractivity contribution in [1.29, 1.82) is 0 Å². The van der Waals surface area contributed by atoms with E-state index in [0.717, 1.165) is 0 Å². The molecule has 4 rings (SSSR count). The zero-order valence-corrected chi connectivity index (χ0v) is 16.7. The molecule has 26 heavy (non-hydrogen) atoms. The first-order valence-electron chi connectivity index (χ1n) is 9.45. The molecule has 3 aromatic rings. The lowest BCUT2D eigenvalue weighted by Crippen LogP contribution is -2.42. The number of benzene rings is 2. The third-order valence-electron chi connectivity index (χ3n) is 6.32. The van der Waals surface area contributed by atoms with Crippen LogP contribution in [0.5, 0.6) is 0 Å². The molecule has 0 bridgehead atoms. The zero-order chi connectivity index (χ0) is 18.7. The molecule has 0 N–H and O–H groups in total. The van der Waals surface area contributed by atoms with Crippen LogP contribution in [0.15, 0.2) is 60.8 Å². The maximum Gasteiger partial charge on any atom is 0.212 e. The van der Waals surface area contributed by atoms with Crippen molar-refractivity contribution in [2.45, 2.75) is 45.4 Å². The molecule has 0 saturated carbocycles. The van der Waals surface area contributed by atoms with E-state index in [1.807, 2.05) is 0 Å². The van der Waals surface area contributed by atoms with Crippen LogP contribution in [0.1, 0.15) is 55.5 Å². The van der Waals surface area contributed by atoms with Crippen molar-refractivity contribution in [3.8, 4) is 11.3 Å². The largest absolute Gasteiger partial charge is 0.212 e. The number of aryl methyl sites for hydroxylation is 2. The summed E-state index contributed by atoms with van der Waals surface area (Å²) in [6.45, 7) is 11.6. The van der Waals surface area contributed by atoms with Crippen LogP contribution in [0.4, 0.5) is 0 Å². The summed E-state index contributed by atoms with van der Waals surface area (Å²) < 4.78 is 2.30. The minimum atomic E-state index is -0.00680. The van der Waals surface area contributed by atoms with Crippen molar-refractivity contribution in [2.75, 3.05) is 0 Å². The number of rotatable bonds is 1. The summed E-state index contributed by atoms with van der Waals surface area (Å²) in [4.78, 5) is 0. The van der Waals surface area contributed by atoms with Gasteiger partial charge in [-0.05, 0) is 35.2 Å². The SMILES string of the molecule is Cc1ccccc1-c1cc2c(c[n+]1C)C(C)(C)c1ccccc1C2(C)C. The Labute approximate surface area is 157 Å². The van der Waals surface area contributed by atoms with Crippen LogP contribution in [0.2, 0.25) is 0 Å². The molecule has 0 saturated heterocycles. The Morgan fingerprint density at radius 2 is 1.23 bits per heavy atom. The van der Waals surface area contributed by atoms with Crippen LogP contribution in [0, 0.1) is 6.92 Å². The van der Waals surface area contributed by atoms with Crippen molar-refractivity contribution >= 4 is 0 Å². The highest BCUT2D eigenvalue weighted by atomic mass is 14.9. The summed E-state index contributed by atoms with van der Waals surface area (Å²) in [7, 11) is 2.17. The fraction of sp³-hybridized carbons (Fsp3) is 0.320. The molecule has 0 unspecified atom stereocenters. The minimum absolute atomic E-state index is 0.00344. The minimum Gasteiger partial charge on any atom is -0.201 e. The van der Waals surface area contributed by atoms with E-state index in [2.05, 4.69) is 107 Å². The Hall–Kier alpha value is -2.41. The number of hydrogen-bond acceptors (Lipinski definition) is 0. The predicted octanol–water partition coefficient (Wildman–Crippen LogP) is 5.45. The van der Waals surface area contributed by atoms with Gasteiger partial charge in [0.15, 0.2) is 6.20 Å². The molecule has 2 aromatic carbocycles. The molecule has 0 amide bonds. The van der Waals surface area contributed by atoms with Gasteiger partial charge >= 0.3 is 0 Å². The van der Waals surface area contributed by atoms with Gasteiger partial charge in [-0.25, -0.2) is 4.57 Å². The van der Waals surface area contributed by atoms with Crippen molar-refractivity contribution in [3.05, 3.63) is 88.6 Å². The second kappa shape index (κ2) is 5.54. The van der Waals surface area contributed by atoms with Gasteiger partial charge in [0.2, 0.25) is 5.69 Å². The molecule has 1 aliphatic rings. The van der Waals surface area contributed by atoms with Crippen LogP contribution >= 0.6 is 0 Å². The lowest BCUT2D eigenvalue weighted by molar-refractivity contribution is -0.661. The average Bonchev–Trinajstić information content (AvgIpc) is 2.61. The van der Waals surface area contributed by atoms with Gasteiger partial charge in [-0.2, -0.15) is 0 Å². The molecule has 1 heterocycles. The van der Waals surface area contributed by atoms with Crippen LogP contribution < -0.4 is 4.57 Å². The Bertz CT molecular complexity index is 1010. The first kappa shape index (κ1) is 17.0. The standard InChI is InChI=1S/C25H28N/c1-17-11-7-8-12-18(17)23-15-21-22(16-26(23)6)25(4,5)20-14-10-9-13-19(20)24(21,2)3/h7-16H,1-6H3/q+1. The highest BCUT2D eigenvalue weighted by Crippen LogP contribution is 2.49. The van der Waals surface area contributed by atoms with Crippen molar-refractivity contribution < 1.29 is 4.57 Å². The Morgan fingerprint density at radius 3 is 1.85 bits per heavy atom. The molecule has 1 nitrogen and oxygen atoms in total. The monoisotopic (exact) mass is 342 g/mol. The van der Waals surface area contributed by atoms with Gasteiger partial charge in [0.25, 0.3) is 0 Å². The number of fused-ring (bicyclic) bond motifs is 2. The van der Waals surface area contributed by atoms with Crippen molar-refractivity contribution in [2.24, 2.45) is 7.05 Å². The molecule has 0 atom stereocenters. The molecule has 0 spiro atoms. The molecule has 1 aromatic heterocycles. The fourth-order valence-corrected chi connectivity index (χ4v) is 4.66. The Balaban J connectivity index is 2.04. The van der Waals surface area contributed by atoms with Gasteiger partial charge in [-0.1, -0.05) is 70.2 Å². The summed E-state index contributed by atoms with van der Waals surface area (Å²) in [6.07, 6.45) is 2.36. The maximum absolute atomic E-state index is 2.43. The molecule has 0 fully saturated rings. The highest BCUT2D eigenvalue weighted by Gasteiger charge is 2.43. The third kappa shape index (κ3) is 2.26. The summed E-state index contributed by atoms with van der Waals surface area (Å²) in [5, 5.41) is 0. The molecule has 132 valence electrons. The summed E-state index contributed by atoms with van der Waals surface area (Å²) in [5.74, 6) is 0. The second-order valence-electron chi connectivity index (χ2n) is 8.71. The van der Waals surface area contributed by atoms with Crippen molar-refractivity contribution in [3.63, 3.8) is 0 Å². The molecule has 0 radical (unpaired) electrons. The second-order valence-corrected chi connectivity index (χ2v) is 8.71. The summed E-state index contributed by atoms with van der Waals surface area (Å²) >= 11 is 0. The predicted molar refractivity (Wildman–Crippen MR) is 108 cm³/mol. The van der Waals surface area contributed by atoms with E-state index >= 15 is 0 Å². The lowest BCUT2D eigenvalue weighted by Gasteiger charge is -2.42. The van der Waals surface area contributed by atoms with E-state index in [1.165, 1.54) is 39.1 Å². The number of hydrogen-bond donors (Lipinski definition) is 0. The number of aromatic nitrogens is 1. The Morgan fingerprint density at radius 1 is 0.692 bits per heavy atom. The molecule has 1 aliphatic carbocycles. The van der Waals surface area contributed by atoms with E-state index in [9.17, 15) is 0 Å². The van der Waals surface area contributed by atoms with E-state index < -0.39 is 0 Å². The summed E-state index contributed by atoms with van der Waals surface area (Å²) in [6, 6.07) is 20.0. The normalized spacial score (nSPS) is 16.7. The van der Waals surface area contributed by atoms with Crippen LogP contribution in [-0.4, -0.2) is 0 Å². The topological polar surface area (TPSA) is 3.88 Å². The molecular weight excluding hydrogens is 314 g/mol. The van der Waals surface area contributed by atoms with Crippen LogP contribution in [-0.2, 0) is 17.9 Å². The van der Waals surface area contributed by atoms with E-state index in [1.54, 1.807) is 0 Å². The van der Waals surface area contributed by atoms with Gasteiger partial charge in [-0.15, -0.1) is 0 Å². The van der Waals surface area contributed by atoms with Gasteiger partial charge in [0.1, 0.15) is 7.05 Å². The number of nitrogens with zero attached hydrogens (tertiary/aromatic N) is 1. The maximum atomic E-state index is 2.43. The lowest BCUT2D eigenvalue weighted by atomic mass is 9.60. The summed E-state index contributed by atoms with van der Waals surface area (Å²) in [5.41, 5.74) is 9.67. The molecular formula is C25H28N+. The number of pyridine rings is 1. The van der Waals surface area contributed by atoms with Gasteiger partial charge in [0.05, 0.1) is 0 Å². The van der Waals surface area contributed by atoms with Gasteiger partial charge in [0, 0.05) is 28.0 Å². The van der Waals surface area contributed by atoms with Gasteiger partial charge in [-0.3, -0.25) is 0 Å². The zero-order valence-electron chi connectivity index (χ0n) is 16.7. The first-order valence-corrected chi connectivity index (χ1v) is 9.45. The highest BCUT2D eigenvalue weighted by molar-refractivity contribution is 5.65. The van der Waals surface area contributed by atoms with Gasteiger partial charge < -0.3 is 0 Å². The van der Waals surface area contributed by atoms with E-state index in [4.69, 9.17) is 0 Å². The van der Waals surface area contributed by atoms with Crippen LogP contribution in [0.3, 0.4) is 0 Å². The average molecular weight is 343 g/mol. The first-order chi connectivity index (χ1) is 12.2. The van der Waals surface area contributed by atoms with E-state index in [0.29, 0.717) is 0 Å². The van der Waals surface area contributed by atoms with Crippen LogP contribution in [0.25, 0.3) is 11.3 Å².